The molecule has 3 aromatic carbocycles. The quantitative estimate of drug-likeness (QED) is 0.283. The van der Waals surface area contributed by atoms with E-state index in [1.54, 1.807) is 37.4 Å². The lowest BCUT2D eigenvalue weighted by Crippen LogP contribution is -2.39. The van der Waals surface area contributed by atoms with Gasteiger partial charge in [0.25, 0.3) is 5.91 Å². The fraction of sp³-hybridized carbons (Fsp3) is 0.355. The number of ether oxygens (including phenoxy) is 2. The standard InChI is InChI=1S/C31H38N2O5/c1-21(2)33(22(3)4)17-18-38-29-20-27(14-15-28(29)37-5)32-31(36)25-12-10-24(11-13-25)26-8-6-7-23(19-26)9-16-30(34)35/h6-8,10-15,19-22H,9,16-18H2,1-5H3,(H,32,36)(H,34,35). The van der Waals surface area contributed by atoms with Gasteiger partial charge in [0.05, 0.1) is 7.11 Å². The van der Waals surface area contributed by atoms with Gasteiger partial charge in [-0.15, -0.1) is 0 Å². The molecule has 0 saturated heterocycles. The van der Waals surface area contributed by atoms with E-state index >= 15 is 0 Å². The van der Waals surface area contributed by atoms with Gasteiger partial charge in [0.1, 0.15) is 6.61 Å². The van der Waals surface area contributed by atoms with Gasteiger partial charge in [0.2, 0.25) is 0 Å². The number of amides is 1. The first-order valence-corrected chi connectivity index (χ1v) is 13.0. The molecule has 3 aromatic rings. The highest BCUT2D eigenvalue weighted by Crippen LogP contribution is 2.31. The fourth-order valence-electron chi connectivity index (χ4n) is 4.42. The van der Waals surface area contributed by atoms with Crippen molar-refractivity contribution in [2.24, 2.45) is 0 Å². The minimum atomic E-state index is -0.815. The lowest BCUT2D eigenvalue weighted by atomic mass is 10.00. The van der Waals surface area contributed by atoms with Crippen molar-refractivity contribution in [1.29, 1.82) is 0 Å². The maximum Gasteiger partial charge on any atom is 0.303 e. The number of aliphatic carboxylic acids is 1. The number of methoxy groups -OCH3 is 1. The minimum Gasteiger partial charge on any atom is -0.493 e. The molecule has 0 atom stereocenters. The Labute approximate surface area is 225 Å². The fourth-order valence-corrected chi connectivity index (χ4v) is 4.42. The Morgan fingerprint density at radius 2 is 1.61 bits per heavy atom. The number of carboxylic acid groups (broad SMARTS) is 1. The molecule has 0 fully saturated rings. The minimum absolute atomic E-state index is 0.0923. The molecule has 0 aliphatic rings. The zero-order chi connectivity index (χ0) is 27.7. The molecule has 2 N–H and O–H groups in total. The van der Waals surface area contributed by atoms with E-state index in [0.717, 1.165) is 23.2 Å². The lowest BCUT2D eigenvalue weighted by Gasteiger charge is -2.30. The summed E-state index contributed by atoms with van der Waals surface area (Å²) in [5.74, 6) is 0.147. The molecule has 0 aromatic heterocycles. The Balaban J connectivity index is 1.66. The number of carbonyl (C=O) groups excluding carboxylic acids is 1. The second-order valence-corrected chi connectivity index (χ2v) is 9.77. The number of hydrogen-bond donors (Lipinski definition) is 2. The molecular weight excluding hydrogens is 480 g/mol. The van der Waals surface area contributed by atoms with Crippen LogP contribution in [0.5, 0.6) is 11.5 Å². The predicted molar refractivity (Wildman–Crippen MR) is 151 cm³/mol. The van der Waals surface area contributed by atoms with Crippen LogP contribution in [-0.4, -0.2) is 54.2 Å². The van der Waals surface area contributed by atoms with Gasteiger partial charge in [0, 0.05) is 42.4 Å². The zero-order valence-corrected chi connectivity index (χ0v) is 22.9. The van der Waals surface area contributed by atoms with Gasteiger partial charge in [0.15, 0.2) is 11.5 Å². The van der Waals surface area contributed by atoms with Crippen molar-refractivity contribution in [3.05, 3.63) is 77.9 Å². The molecule has 0 bridgehead atoms. The van der Waals surface area contributed by atoms with Gasteiger partial charge in [-0.1, -0.05) is 36.4 Å². The third kappa shape index (κ3) is 8.08. The number of nitrogens with one attached hydrogen (secondary N) is 1. The van der Waals surface area contributed by atoms with Crippen LogP contribution in [0, 0.1) is 0 Å². The van der Waals surface area contributed by atoms with Crippen molar-refractivity contribution < 1.29 is 24.2 Å². The average molecular weight is 519 g/mol. The van der Waals surface area contributed by atoms with Crippen LogP contribution >= 0.6 is 0 Å². The number of carboxylic acids is 1. The molecule has 0 aliphatic heterocycles. The van der Waals surface area contributed by atoms with Crippen molar-refractivity contribution in [3.63, 3.8) is 0 Å². The summed E-state index contributed by atoms with van der Waals surface area (Å²) >= 11 is 0. The van der Waals surface area contributed by atoms with Crippen molar-refractivity contribution in [1.82, 2.24) is 4.90 Å². The smallest absolute Gasteiger partial charge is 0.303 e. The van der Waals surface area contributed by atoms with Crippen LogP contribution in [0.4, 0.5) is 5.69 Å². The second kappa shape index (κ2) is 13.6. The summed E-state index contributed by atoms with van der Waals surface area (Å²) in [5, 5.41) is 11.9. The van der Waals surface area contributed by atoms with Crippen LogP contribution in [-0.2, 0) is 11.2 Å². The summed E-state index contributed by atoms with van der Waals surface area (Å²) in [6.45, 7) is 9.96. The van der Waals surface area contributed by atoms with Crippen LogP contribution in [0.1, 0.15) is 50.0 Å². The monoisotopic (exact) mass is 518 g/mol. The Hall–Kier alpha value is -3.84. The first kappa shape index (κ1) is 28.7. The summed E-state index contributed by atoms with van der Waals surface area (Å²) in [7, 11) is 1.60. The second-order valence-electron chi connectivity index (χ2n) is 9.77. The number of carbonyl (C=O) groups is 2. The van der Waals surface area contributed by atoms with Crippen LogP contribution in [0.2, 0.25) is 0 Å². The Kier molecular flexibility index (Phi) is 10.3. The van der Waals surface area contributed by atoms with E-state index in [1.807, 2.05) is 36.4 Å². The third-order valence-electron chi connectivity index (χ3n) is 6.39. The highest BCUT2D eigenvalue weighted by atomic mass is 16.5. The summed E-state index contributed by atoms with van der Waals surface area (Å²) in [4.78, 5) is 26.2. The van der Waals surface area contributed by atoms with E-state index < -0.39 is 5.97 Å². The molecule has 7 heteroatoms. The largest absolute Gasteiger partial charge is 0.493 e. The van der Waals surface area contributed by atoms with Gasteiger partial charge in [-0.2, -0.15) is 0 Å². The third-order valence-corrected chi connectivity index (χ3v) is 6.39. The van der Waals surface area contributed by atoms with E-state index in [2.05, 4.69) is 37.9 Å². The topological polar surface area (TPSA) is 88.1 Å². The van der Waals surface area contributed by atoms with Crippen LogP contribution in [0.25, 0.3) is 11.1 Å². The number of hydrogen-bond acceptors (Lipinski definition) is 5. The van der Waals surface area contributed by atoms with E-state index in [9.17, 15) is 9.59 Å². The number of aryl methyl sites for hydroxylation is 1. The van der Waals surface area contributed by atoms with Crippen LogP contribution in [0.15, 0.2) is 66.7 Å². The van der Waals surface area contributed by atoms with E-state index in [4.69, 9.17) is 14.6 Å². The van der Waals surface area contributed by atoms with E-state index in [-0.39, 0.29) is 12.3 Å². The molecule has 1 amide bonds. The van der Waals surface area contributed by atoms with Crippen molar-refractivity contribution in [2.45, 2.75) is 52.6 Å². The molecule has 0 saturated carbocycles. The Bertz CT molecular complexity index is 1210. The van der Waals surface area contributed by atoms with E-state index in [1.165, 1.54) is 0 Å². The number of nitrogens with zero attached hydrogens (tertiary/aromatic N) is 1. The predicted octanol–water partition coefficient (Wildman–Crippen LogP) is 6.13. The van der Waals surface area contributed by atoms with Gasteiger partial charge in [-0.25, -0.2) is 0 Å². The maximum absolute atomic E-state index is 12.9. The number of rotatable bonds is 13. The van der Waals surface area contributed by atoms with Crippen molar-refractivity contribution in [2.75, 3.05) is 25.6 Å². The van der Waals surface area contributed by atoms with Gasteiger partial charge >= 0.3 is 5.97 Å². The molecule has 0 radical (unpaired) electrons. The Morgan fingerprint density at radius 3 is 2.24 bits per heavy atom. The molecule has 202 valence electrons. The lowest BCUT2D eigenvalue weighted by molar-refractivity contribution is -0.136. The molecule has 0 spiro atoms. The van der Waals surface area contributed by atoms with Crippen molar-refractivity contribution >= 4 is 17.6 Å². The molecule has 0 aliphatic carbocycles. The molecule has 38 heavy (non-hydrogen) atoms. The summed E-state index contributed by atoms with van der Waals surface area (Å²) in [5.41, 5.74) is 4.04. The SMILES string of the molecule is COc1ccc(NC(=O)c2ccc(-c3cccc(CCC(=O)O)c3)cc2)cc1OCCN(C(C)C)C(C)C. The van der Waals surface area contributed by atoms with Crippen molar-refractivity contribution in [3.8, 4) is 22.6 Å². The van der Waals surface area contributed by atoms with Crippen LogP contribution < -0.4 is 14.8 Å². The normalized spacial score (nSPS) is 11.2. The van der Waals surface area contributed by atoms with Gasteiger partial charge < -0.3 is 19.9 Å². The molecular formula is C31H38N2O5. The summed E-state index contributed by atoms with van der Waals surface area (Å²) < 4.78 is 11.5. The molecule has 3 rings (SSSR count). The maximum atomic E-state index is 12.9. The van der Waals surface area contributed by atoms with Gasteiger partial charge in [-0.3, -0.25) is 14.5 Å². The van der Waals surface area contributed by atoms with Crippen LogP contribution in [0.3, 0.4) is 0 Å². The average Bonchev–Trinajstić information content (AvgIpc) is 2.90. The highest BCUT2D eigenvalue weighted by molar-refractivity contribution is 6.04. The molecule has 7 nitrogen and oxygen atoms in total. The summed E-state index contributed by atoms with van der Waals surface area (Å²) in [6, 6.07) is 21.3. The first-order valence-electron chi connectivity index (χ1n) is 13.0. The first-order chi connectivity index (χ1) is 18.2. The van der Waals surface area contributed by atoms with Gasteiger partial charge in [-0.05, 0) is 75.1 Å². The zero-order valence-electron chi connectivity index (χ0n) is 22.9. The highest BCUT2D eigenvalue weighted by Gasteiger charge is 2.15. The number of anilines is 1. The van der Waals surface area contributed by atoms with E-state index in [0.29, 0.717) is 47.9 Å². The molecule has 0 unspecified atom stereocenters. The number of benzene rings is 3. The Morgan fingerprint density at radius 1 is 0.895 bits per heavy atom. The summed E-state index contributed by atoms with van der Waals surface area (Å²) in [6.07, 6.45) is 0.569. The molecule has 0 heterocycles.